The van der Waals surface area contributed by atoms with Crippen LogP contribution in [0, 0.1) is 11.6 Å². The zero-order valence-corrected chi connectivity index (χ0v) is 19.3. The number of benzene rings is 2. The lowest BCUT2D eigenvalue weighted by atomic mass is 9.98. The monoisotopic (exact) mass is 475 g/mol. The topological polar surface area (TPSA) is 70.7 Å². The van der Waals surface area contributed by atoms with Gasteiger partial charge >= 0.3 is 6.09 Å². The Morgan fingerprint density at radius 1 is 1.09 bits per heavy atom. The van der Waals surface area contributed by atoms with Crippen LogP contribution < -0.4 is 10.6 Å². The van der Waals surface area contributed by atoms with Gasteiger partial charge in [-0.2, -0.15) is 0 Å². The molecule has 9 heteroatoms. The minimum absolute atomic E-state index is 0.0284. The van der Waals surface area contributed by atoms with Gasteiger partial charge in [0.2, 0.25) is 5.91 Å². The molecule has 34 heavy (non-hydrogen) atoms. The molecule has 1 fully saturated rings. The molecule has 1 heterocycles. The van der Waals surface area contributed by atoms with Gasteiger partial charge in [-0.1, -0.05) is 30.3 Å². The largest absolute Gasteiger partial charge is 0.444 e. The Balaban J connectivity index is 1.58. The van der Waals surface area contributed by atoms with Gasteiger partial charge in [-0.15, -0.1) is 0 Å². The van der Waals surface area contributed by atoms with Gasteiger partial charge < -0.3 is 15.4 Å². The summed E-state index contributed by atoms with van der Waals surface area (Å²) in [6, 6.07) is 8.24. The standard InChI is InChI=1S/C25H28F3N3O3/c1-25(2,3)34-24(33)30-21-17-7-5-4-6-14(17)10-20(21)29-23(32)22(31-12-16(27)13-31)18-9-8-15(26)11-19(18)28/h4-9,11,16,20-22H,10,12-13H2,1-3H3,(H,29,32)(H,30,33)/t20-,21-,22?/m0/s1. The van der Waals surface area contributed by atoms with Crippen molar-refractivity contribution < 1.29 is 27.5 Å². The van der Waals surface area contributed by atoms with Gasteiger partial charge in [-0.25, -0.2) is 18.0 Å². The number of rotatable bonds is 5. The lowest BCUT2D eigenvalue weighted by Crippen LogP contribution is -2.56. The van der Waals surface area contributed by atoms with Crippen LogP contribution in [-0.2, 0) is 16.0 Å². The van der Waals surface area contributed by atoms with E-state index in [1.54, 1.807) is 20.8 Å². The van der Waals surface area contributed by atoms with Crippen molar-refractivity contribution in [3.05, 3.63) is 70.8 Å². The van der Waals surface area contributed by atoms with Gasteiger partial charge in [-0.05, 0) is 44.4 Å². The van der Waals surface area contributed by atoms with Crippen molar-refractivity contribution in [2.45, 2.75) is 57.1 Å². The predicted octanol–water partition coefficient (Wildman–Crippen LogP) is 3.97. The van der Waals surface area contributed by atoms with Crippen LogP contribution in [0.1, 0.15) is 49.5 Å². The molecule has 1 unspecified atom stereocenters. The van der Waals surface area contributed by atoms with E-state index in [0.717, 1.165) is 17.2 Å². The van der Waals surface area contributed by atoms with E-state index in [1.165, 1.54) is 11.0 Å². The summed E-state index contributed by atoms with van der Waals surface area (Å²) in [6.45, 7) is 5.20. The highest BCUT2D eigenvalue weighted by molar-refractivity contribution is 5.84. The van der Waals surface area contributed by atoms with Crippen molar-refractivity contribution in [2.75, 3.05) is 13.1 Å². The van der Waals surface area contributed by atoms with Crippen LogP contribution in [0.15, 0.2) is 42.5 Å². The molecule has 0 bridgehead atoms. The third kappa shape index (κ3) is 5.19. The van der Waals surface area contributed by atoms with E-state index < -0.39 is 53.5 Å². The number of likely N-dealkylation sites (tertiary alicyclic amines) is 1. The second kappa shape index (κ2) is 9.29. The number of nitrogens with zero attached hydrogens (tertiary/aromatic N) is 1. The van der Waals surface area contributed by atoms with Crippen molar-refractivity contribution in [3.8, 4) is 0 Å². The highest BCUT2D eigenvalue weighted by atomic mass is 19.1. The molecule has 1 aliphatic heterocycles. The maximum absolute atomic E-state index is 14.6. The van der Waals surface area contributed by atoms with E-state index in [1.807, 2.05) is 24.3 Å². The zero-order valence-electron chi connectivity index (χ0n) is 19.3. The molecule has 2 N–H and O–H groups in total. The summed E-state index contributed by atoms with van der Waals surface area (Å²) in [7, 11) is 0. The minimum Gasteiger partial charge on any atom is -0.444 e. The van der Waals surface area contributed by atoms with Crippen molar-refractivity contribution in [2.24, 2.45) is 0 Å². The number of nitrogens with one attached hydrogen (secondary N) is 2. The highest BCUT2D eigenvalue weighted by Crippen LogP contribution is 2.34. The van der Waals surface area contributed by atoms with Crippen LogP contribution in [0.5, 0.6) is 0 Å². The second-order valence-electron chi connectivity index (χ2n) is 9.76. The number of ether oxygens (including phenoxy) is 1. The molecule has 1 aliphatic carbocycles. The molecule has 2 aromatic rings. The van der Waals surface area contributed by atoms with Crippen LogP contribution in [0.25, 0.3) is 0 Å². The van der Waals surface area contributed by atoms with Gasteiger partial charge in [0.25, 0.3) is 0 Å². The van der Waals surface area contributed by atoms with E-state index in [9.17, 15) is 22.8 Å². The first-order valence-electron chi connectivity index (χ1n) is 11.2. The Bertz CT molecular complexity index is 1080. The molecular weight excluding hydrogens is 447 g/mol. The fraction of sp³-hybridized carbons (Fsp3) is 0.440. The third-order valence-electron chi connectivity index (χ3n) is 5.97. The van der Waals surface area contributed by atoms with Crippen molar-refractivity contribution in [1.29, 1.82) is 0 Å². The Hall–Kier alpha value is -3.07. The number of hydrogen-bond donors (Lipinski definition) is 2. The van der Waals surface area contributed by atoms with E-state index in [0.29, 0.717) is 12.5 Å². The normalized spacial score (nSPS) is 21.4. The summed E-state index contributed by atoms with van der Waals surface area (Å²) >= 11 is 0. The summed E-state index contributed by atoms with van der Waals surface area (Å²) in [5.41, 5.74) is 1.06. The Labute approximate surface area is 196 Å². The third-order valence-corrected chi connectivity index (χ3v) is 5.97. The fourth-order valence-corrected chi connectivity index (χ4v) is 4.50. The van der Waals surface area contributed by atoms with Crippen LogP contribution in [-0.4, -0.2) is 47.8 Å². The average Bonchev–Trinajstić information content (AvgIpc) is 3.04. The van der Waals surface area contributed by atoms with Crippen LogP contribution in [0.2, 0.25) is 0 Å². The fourth-order valence-electron chi connectivity index (χ4n) is 4.50. The molecule has 3 atom stereocenters. The molecule has 0 spiro atoms. The number of carbonyl (C=O) groups is 2. The number of alkyl halides is 1. The number of amides is 2. The van der Waals surface area contributed by atoms with E-state index >= 15 is 0 Å². The van der Waals surface area contributed by atoms with E-state index in [2.05, 4.69) is 10.6 Å². The number of hydrogen-bond acceptors (Lipinski definition) is 4. The smallest absolute Gasteiger partial charge is 0.408 e. The van der Waals surface area contributed by atoms with Crippen molar-refractivity contribution in [3.63, 3.8) is 0 Å². The quantitative estimate of drug-likeness (QED) is 0.687. The lowest BCUT2D eigenvalue weighted by molar-refractivity contribution is -0.131. The van der Waals surface area contributed by atoms with Crippen LogP contribution >= 0.6 is 0 Å². The molecule has 2 amide bonds. The molecule has 182 valence electrons. The molecule has 1 saturated heterocycles. The zero-order chi connectivity index (χ0) is 24.6. The van der Waals surface area contributed by atoms with E-state index in [-0.39, 0.29) is 18.7 Å². The first kappa shape index (κ1) is 24.1. The second-order valence-corrected chi connectivity index (χ2v) is 9.76. The van der Waals surface area contributed by atoms with Gasteiger partial charge in [0.15, 0.2) is 0 Å². The maximum atomic E-state index is 14.6. The number of fused-ring (bicyclic) bond motifs is 1. The molecule has 4 rings (SSSR count). The summed E-state index contributed by atoms with van der Waals surface area (Å²) in [4.78, 5) is 27.4. The summed E-state index contributed by atoms with van der Waals surface area (Å²) in [5, 5.41) is 5.75. The number of halogens is 3. The first-order chi connectivity index (χ1) is 16.0. The number of carbonyl (C=O) groups excluding carboxylic acids is 2. The number of alkyl carbamates (subject to hydrolysis) is 1. The maximum Gasteiger partial charge on any atom is 0.408 e. The van der Waals surface area contributed by atoms with Crippen LogP contribution in [0.4, 0.5) is 18.0 Å². The molecule has 0 aromatic heterocycles. The first-order valence-corrected chi connectivity index (χ1v) is 11.2. The van der Waals surface area contributed by atoms with Gasteiger partial charge in [0.1, 0.15) is 29.4 Å². The van der Waals surface area contributed by atoms with Crippen molar-refractivity contribution >= 4 is 12.0 Å². The molecular formula is C25H28F3N3O3. The van der Waals surface area contributed by atoms with Gasteiger partial charge in [-0.3, -0.25) is 9.69 Å². The lowest BCUT2D eigenvalue weighted by Gasteiger charge is -2.40. The SMILES string of the molecule is CC(C)(C)OC(=O)N[C@H]1c2ccccc2C[C@@H]1NC(=O)C(c1ccc(F)cc1F)N1CC(F)C1. The highest BCUT2D eigenvalue weighted by Gasteiger charge is 2.41. The minimum atomic E-state index is -1.13. The molecule has 0 radical (unpaired) electrons. The summed E-state index contributed by atoms with van der Waals surface area (Å²) < 4.78 is 47.1. The molecule has 2 aliphatic rings. The molecule has 2 aromatic carbocycles. The summed E-state index contributed by atoms with van der Waals surface area (Å²) in [6.07, 6.45) is -1.30. The Kier molecular flexibility index (Phi) is 6.58. The predicted molar refractivity (Wildman–Crippen MR) is 120 cm³/mol. The van der Waals surface area contributed by atoms with E-state index in [4.69, 9.17) is 4.74 Å². The van der Waals surface area contributed by atoms with Crippen LogP contribution in [0.3, 0.4) is 0 Å². The van der Waals surface area contributed by atoms with Crippen molar-refractivity contribution in [1.82, 2.24) is 15.5 Å². The average molecular weight is 476 g/mol. The van der Waals surface area contributed by atoms with Gasteiger partial charge in [0, 0.05) is 24.7 Å². The molecule has 6 nitrogen and oxygen atoms in total. The molecule has 0 saturated carbocycles. The Morgan fingerprint density at radius 3 is 2.44 bits per heavy atom. The Morgan fingerprint density at radius 2 is 1.79 bits per heavy atom. The van der Waals surface area contributed by atoms with Gasteiger partial charge in [0.05, 0.1) is 12.1 Å². The summed E-state index contributed by atoms with van der Waals surface area (Å²) in [5.74, 6) is -2.19.